The molecule has 4 aromatic rings. The molecule has 3 aromatic heterocycles. The van der Waals surface area contributed by atoms with Crippen LogP contribution in [0.2, 0.25) is 0 Å². The number of hydrogen-bond acceptors (Lipinski definition) is 5. The van der Waals surface area contributed by atoms with Gasteiger partial charge in [0.25, 0.3) is 11.5 Å². The first-order valence-corrected chi connectivity index (χ1v) is 10.9. The van der Waals surface area contributed by atoms with Crippen LogP contribution in [0.5, 0.6) is 0 Å². The van der Waals surface area contributed by atoms with E-state index in [1.165, 1.54) is 22.1 Å². The molecule has 0 unspecified atom stereocenters. The van der Waals surface area contributed by atoms with Crippen molar-refractivity contribution in [3.8, 4) is 16.5 Å². The topological polar surface area (TPSA) is 92.7 Å². The number of nitrogens with one attached hydrogen (secondary N) is 2. The van der Waals surface area contributed by atoms with Gasteiger partial charge in [-0.05, 0) is 35.6 Å². The van der Waals surface area contributed by atoms with E-state index < -0.39 is 0 Å². The van der Waals surface area contributed by atoms with Gasteiger partial charge in [0.05, 0.1) is 10.6 Å². The highest BCUT2D eigenvalue weighted by molar-refractivity contribution is 9.10. The number of rotatable bonds is 5. The van der Waals surface area contributed by atoms with E-state index >= 15 is 0 Å². The number of aromatic nitrogens is 4. The molecule has 0 radical (unpaired) electrons. The molecule has 0 atom stereocenters. The van der Waals surface area contributed by atoms with Crippen LogP contribution in [0.4, 0.5) is 5.82 Å². The van der Waals surface area contributed by atoms with Crippen molar-refractivity contribution in [3.63, 3.8) is 0 Å². The highest BCUT2D eigenvalue weighted by atomic mass is 79.9. The SMILES string of the molecule is CC(C)c1cc(=O)[nH]c(-n2nc(-c3cccs3)cc2NC(=O)c2cccc(Br)c2)n1. The van der Waals surface area contributed by atoms with Crippen LogP contribution in [-0.4, -0.2) is 25.7 Å². The number of thiophene rings is 1. The fourth-order valence-corrected chi connectivity index (χ4v) is 3.93. The number of anilines is 1. The first kappa shape index (κ1) is 20.2. The van der Waals surface area contributed by atoms with Gasteiger partial charge in [-0.3, -0.25) is 14.6 Å². The third-order valence-electron chi connectivity index (χ3n) is 4.35. The van der Waals surface area contributed by atoms with E-state index in [1.54, 1.807) is 24.3 Å². The zero-order valence-corrected chi connectivity index (χ0v) is 18.6. The molecule has 152 valence electrons. The van der Waals surface area contributed by atoms with Gasteiger partial charge in [-0.15, -0.1) is 11.3 Å². The lowest BCUT2D eigenvalue weighted by Crippen LogP contribution is -2.19. The molecule has 30 heavy (non-hydrogen) atoms. The Balaban J connectivity index is 1.80. The molecule has 2 N–H and O–H groups in total. The molecule has 3 heterocycles. The Morgan fingerprint density at radius 2 is 2.03 bits per heavy atom. The molecule has 4 rings (SSSR count). The smallest absolute Gasteiger partial charge is 0.256 e. The van der Waals surface area contributed by atoms with Crippen LogP contribution in [-0.2, 0) is 0 Å². The van der Waals surface area contributed by atoms with E-state index in [1.807, 2.05) is 37.4 Å². The van der Waals surface area contributed by atoms with Crippen LogP contribution < -0.4 is 10.9 Å². The minimum atomic E-state index is -0.294. The predicted octanol–water partition coefficient (Wildman–Crippen LogP) is 4.82. The van der Waals surface area contributed by atoms with Crippen molar-refractivity contribution in [2.45, 2.75) is 19.8 Å². The molecule has 1 amide bonds. The molecule has 1 aromatic carbocycles. The van der Waals surface area contributed by atoms with Crippen molar-refractivity contribution in [1.29, 1.82) is 0 Å². The van der Waals surface area contributed by atoms with Crippen LogP contribution in [0, 0.1) is 0 Å². The maximum Gasteiger partial charge on any atom is 0.256 e. The molecule has 0 aliphatic carbocycles. The van der Waals surface area contributed by atoms with Crippen LogP contribution in [0.3, 0.4) is 0 Å². The lowest BCUT2D eigenvalue weighted by atomic mass is 10.1. The van der Waals surface area contributed by atoms with Crippen molar-refractivity contribution >= 4 is 39.0 Å². The van der Waals surface area contributed by atoms with Gasteiger partial charge < -0.3 is 5.32 Å². The van der Waals surface area contributed by atoms with Gasteiger partial charge in [0.1, 0.15) is 11.5 Å². The number of H-pyrrole nitrogens is 1. The summed E-state index contributed by atoms with van der Waals surface area (Å²) in [7, 11) is 0. The number of aromatic amines is 1. The van der Waals surface area contributed by atoms with E-state index in [9.17, 15) is 9.59 Å². The van der Waals surface area contributed by atoms with Gasteiger partial charge in [-0.25, -0.2) is 4.98 Å². The number of hydrogen-bond donors (Lipinski definition) is 2. The summed E-state index contributed by atoms with van der Waals surface area (Å²) in [6.07, 6.45) is 0. The van der Waals surface area contributed by atoms with Crippen LogP contribution in [0.1, 0.15) is 35.8 Å². The summed E-state index contributed by atoms with van der Waals surface area (Å²) in [5.74, 6) is 0.432. The second-order valence-electron chi connectivity index (χ2n) is 6.92. The Morgan fingerprint density at radius 3 is 2.73 bits per heavy atom. The van der Waals surface area contributed by atoms with Crippen LogP contribution >= 0.6 is 27.3 Å². The summed E-state index contributed by atoms with van der Waals surface area (Å²) in [5.41, 5.74) is 1.53. The average molecular weight is 484 g/mol. The summed E-state index contributed by atoms with van der Waals surface area (Å²) in [5, 5.41) is 9.44. The Kier molecular flexibility index (Phi) is 5.65. The van der Waals surface area contributed by atoms with E-state index in [-0.39, 0.29) is 23.3 Å². The highest BCUT2D eigenvalue weighted by Gasteiger charge is 2.18. The van der Waals surface area contributed by atoms with Gasteiger partial charge in [-0.2, -0.15) is 9.78 Å². The van der Waals surface area contributed by atoms with Crippen LogP contribution in [0.15, 0.2) is 63.2 Å². The minimum Gasteiger partial charge on any atom is -0.306 e. The van der Waals surface area contributed by atoms with Crippen LogP contribution in [0.25, 0.3) is 16.5 Å². The maximum absolute atomic E-state index is 12.8. The van der Waals surface area contributed by atoms with E-state index in [2.05, 4.69) is 36.3 Å². The van der Waals surface area contributed by atoms with Gasteiger partial charge >= 0.3 is 0 Å². The molecule has 0 bridgehead atoms. The molecule has 0 aliphatic heterocycles. The number of halogens is 1. The number of amides is 1. The molecule has 0 saturated carbocycles. The van der Waals surface area contributed by atoms with Crippen molar-refractivity contribution < 1.29 is 4.79 Å². The number of nitrogens with zero attached hydrogens (tertiary/aromatic N) is 3. The second kappa shape index (κ2) is 8.37. The fraction of sp³-hybridized carbons (Fsp3) is 0.143. The standard InChI is InChI=1S/C21H18BrN5O2S/c1-12(2)15-11-19(28)25-21(23-15)27-18(10-16(26-27)17-7-4-8-30-17)24-20(29)13-5-3-6-14(22)9-13/h3-12H,1-2H3,(H,24,29)(H,23,25,28). The third-order valence-corrected chi connectivity index (χ3v) is 5.74. The van der Waals surface area contributed by atoms with Gasteiger partial charge in [0.15, 0.2) is 0 Å². The molecule has 7 nitrogen and oxygen atoms in total. The molecular weight excluding hydrogens is 466 g/mol. The monoisotopic (exact) mass is 483 g/mol. The predicted molar refractivity (Wildman–Crippen MR) is 121 cm³/mol. The summed E-state index contributed by atoms with van der Waals surface area (Å²) < 4.78 is 2.26. The number of carbonyl (C=O) groups is 1. The van der Waals surface area contributed by atoms with Gasteiger partial charge in [-0.1, -0.05) is 41.9 Å². The Bertz CT molecular complexity index is 1260. The van der Waals surface area contributed by atoms with Gasteiger partial charge in [0.2, 0.25) is 5.95 Å². The van der Waals surface area contributed by atoms with Crippen molar-refractivity contribution in [1.82, 2.24) is 19.7 Å². The largest absolute Gasteiger partial charge is 0.306 e. The first-order valence-electron chi connectivity index (χ1n) is 9.23. The van der Waals surface area contributed by atoms with Crippen molar-refractivity contribution in [2.75, 3.05) is 5.32 Å². The molecule has 0 spiro atoms. The molecule has 0 saturated heterocycles. The molecular formula is C21H18BrN5O2S. The maximum atomic E-state index is 12.8. The molecule has 0 fully saturated rings. The number of benzene rings is 1. The summed E-state index contributed by atoms with van der Waals surface area (Å²) in [4.78, 5) is 33.2. The van der Waals surface area contributed by atoms with Crippen molar-refractivity contribution in [3.05, 3.63) is 80.0 Å². The van der Waals surface area contributed by atoms with Crippen molar-refractivity contribution in [2.24, 2.45) is 0 Å². The Labute approximate surface area is 184 Å². The Morgan fingerprint density at radius 1 is 1.20 bits per heavy atom. The molecule has 0 aliphatic rings. The molecule has 9 heteroatoms. The van der Waals surface area contributed by atoms with Gasteiger partial charge in [0, 0.05) is 22.2 Å². The second-order valence-corrected chi connectivity index (χ2v) is 8.78. The lowest BCUT2D eigenvalue weighted by Gasteiger charge is -2.10. The zero-order chi connectivity index (χ0) is 21.3. The minimum absolute atomic E-state index is 0.0677. The fourth-order valence-electron chi connectivity index (χ4n) is 2.85. The number of carbonyl (C=O) groups excluding carboxylic acids is 1. The Hall–Kier alpha value is -3.04. The third kappa shape index (κ3) is 4.27. The summed E-state index contributed by atoms with van der Waals surface area (Å²) >= 11 is 4.92. The van der Waals surface area contributed by atoms with E-state index in [4.69, 9.17) is 0 Å². The first-order chi connectivity index (χ1) is 14.4. The summed E-state index contributed by atoms with van der Waals surface area (Å²) in [6, 6.07) is 14.2. The van der Waals surface area contributed by atoms with E-state index in [0.29, 0.717) is 22.8 Å². The lowest BCUT2D eigenvalue weighted by molar-refractivity contribution is 0.102. The van der Waals surface area contributed by atoms with E-state index in [0.717, 1.165) is 9.35 Å². The average Bonchev–Trinajstić information content (AvgIpc) is 3.37. The zero-order valence-electron chi connectivity index (χ0n) is 16.2. The normalized spacial score (nSPS) is 11.1. The highest BCUT2D eigenvalue weighted by Crippen LogP contribution is 2.28. The quantitative estimate of drug-likeness (QED) is 0.425. The summed E-state index contributed by atoms with van der Waals surface area (Å²) in [6.45, 7) is 3.92.